The molecular weight excluding hydrogens is 367 g/mol. The van der Waals surface area contributed by atoms with Gasteiger partial charge in [-0.3, -0.25) is 9.11 Å². The molecule has 0 aromatic carbocycles. The van der Waals surface area contributed by atoms with Crippen LogP contribution in [0.15, 0.2) is 0 Å². The summed E-state index contributed by atoms with van der Waals surface area (Å²) in [6.07, 6.45) is 0.708. The topological polar surface area (TPSA) is 122 Å². The van der Waals surface area contributed by atoms with Gasteiger partial charge in [-0.2, -0.15) is 15.0 Å². The third-order valence-corrected chi connectivity index (χ3v) is 0.577. The number of hydrogen-bond donors (Lipinski definition) is 2. The monoisotopic (exact) mass is 379 g/mol. The molecule has 12 heavy (non-hydrogen) atoms. The first kappa shape index (κ1) is 18.3. The first-order valence-electron chi connectivity index (χ1n) is 2.83. The van der Waals surface area contributed by atoms with E-state index in [9.17, 15) is 0 Å². The van der Waals surface area contributed by atoms with E-state index in [0.717, 1.165) is 0 Å². The maximum Gasteiger partial charge on any atom is 2.00 e. The molecule has 0 saturated heterocycles. The second-order valence-corrected chi connectivity index (χ2v) is 2.78. The Labute approximate surface area is 86.5 Å². The Morgan fingerprint density at radius 2 is 1.67 bits per heavy atom. The minimum absolute atomic E-state index is 0. The summed E-state index contributed by atoms with van der Waals surface area (Å²) in [6.45, 7) is 2.19. The molecule has 0 aliphatic carbocycles. The Balaban J connectivity index is -0.000000126. The minimum Gasteiger partial charge on any atom is -0.677 e. The Morgan fingerprint density at radius 1 is 1.42 bits per heavy atom. The second kappa shape index (κ2) is 9.57. The van der Waals surface area contributed by atoms with Crippen molar-refractivity contribution in [2.45, 2.75) is 19.4 Å². The molecule has 0 radical (unpaired) electrons. The molecule has 0 aromatic rings. The normalized spacial score (nSPS) is 12.1. The third-order valence-electron chi connectivity index (χ3n) is 0.577. The van der Waals surface area contributed by atoms with Crippen molar-refractivity contribution in [2.75, 3.05) is 6.54 Å². The molecule has 4 N–H and O–H groups in total. The van der Waals surface area contributed by atoms with E-state index in [4.69, 9.17) is 29.0 Å². The fraction of sp³-hybridized carbons (Fsp3) is 1.00. The van der Waals surface area contributed by atoms with Gasteiger partial charge in [0.25, 0.3) is 0 Å². The molecule has 0 bridgehead atoms. The summed E-state index contributed by atoms with van der Waals surface area (Å²) in [7, 11) is -4.67. The van der Waals surface area contributed by atoms with Crippen LogP contribution in [0.25, 0.3) is 11.5 Å². The minimum atomic E-state index is -4.67. The van der Waals surface area contributed by atoms with Crippen LogP contribution in [-0.2, 0) is 31.5 Å². The second-order valence-electron chi connectivity index (χ2n) is 1.89. The van der Waals surface area contributed by atoms with Crippen LogP contribution in [0.4, 0.5) is 0 Å². The number of rotatable bonds is 2. The van der Waals surface area contributed by atoms with Crippen molar-refractivity contribution in [1.29, 1.82) is 0 Å². The van der Waals surface area contributed by atoms with Crippen molar-refractivity contribution in [3.05, 3.63) is 11.5 Å². The average molecular weight is 379 g/mol. The summed E-state index contributed by atoms with van der Waals surface area (Å²) in [4.78, 5) is 0. The molecule has 8 heteroatoms. The van der Waals surface area contributed by atoms with Crippen molar-refractivity contribution in [3.63, 3.8) is 0 Å². The van der Waals surface area contributed by atoms with E-state index < -0.39 is 10.4 Å². The molecule has 6 nitrogen and oxygen atoms in total. The average Bonchev–Trinajstić information content (AvgIpc) is 1.58. The maximum atomic E-state index is 8.74. The first-order valence-corrected chi connectivity index (χ1v) is 4.22. The molecule has 0 rings (SSSR count). The smallest absolute Gasteiger partial charge is 0.677 e. The molecule has 1 atom stereocenters. The van der Waals surface area contributed by atoms with Gasteiger partial charge in [-0.1, -0.05) is 13.3 Å². The van der Waals surface area contributed by atoms with Crippen LogP contribution in [-0.4, -0.2) is 30.1 Å². The zero-order chi connectivity index (χ0) is 9.49. The Hall–Kier alpha value is 0.478. The first-order chi connectivity index (χ1) is 4.77. The number of nitrogens with one attached hydrogen (secondary N) is 2. The molecule has 0 heterocycles. The van der Waals surface area contributed by atoms with E-state index in [1.54, 1.807) is 6.92 Å². The van der Waals surface area contributed by atoms with Gasteiger partial charge in [0.1, 0.15) is 0 Å². The van der Waals surface area contributed by atoms with Gasteiger partial charge in [-0.15, -0.1) is 6.04 Å². The van der Waals surface area contributed by atoms with E-state index >= 15 is 0 Å². The quantitative estimate of drug-likeness (QED) is 0.700. The SMILES string of the molecule is CC([NH-])CC[NH-].O=S(=O)(O)O.[Pt+2]. The van der Waals surface area contributed by atoms with Crippen molar-refractivity contribution in [2.24, 2.45) is 0 Å². The molecule has 0 fully saturated rings. The molecule has 78 valence electrons. The summed E-state index contributed by atoms with van der Waals surface area (Å²) in [5, 5.41) is 0. The predicted octanol–water partition coefficient (Wildman–Crippen LogP) is 1.21. The van der Waals surface area contributed by atoms with Crippen LogP contribution >= 0.6 is 0 Å². The largest absolute Gasteiger partial charge is 2.00 e. The van der Waals surface area contributed by atoms with Gasteiger partial charge in [-0.05, 0) is 0 Å². The molecule has 1 unspecified atom stereocenters. The third kappa shape index (κ3) is 77.8. The standard InChI is InChI=1S/C4H10N2.H2O4S.Pt/c1-4(6)2-3-5;1-5(2,3)4;/h4-6H,2-3H2,1H3;(H2,1,2,3,4);/q-2;;+2. The molecular formula is C4H12N2O4PtS. The molecule has 0 amide bonds. The van der Waals surface area contributed by atoms with Gasteiger partial charge in [0.05, 0.1) is 0 Å². The summed E-state index contributed by atoms with van der Waals surface area (Å²) >= 11 is 0. The zero-order valence-electron chi connectivity index (χ0n) is 6.43. The molecule has 0 aliphatic rings. The van der Waals surface area contributed by atoms with Gasteiger partial charge in [0.15, 0.2) is 0 Å². The van der Waals surface area contributed by atoms with Crippen molar-refractivity contribution in [1.82, 2.24) is 0 Å². The van der Waals surface area contributed by atoms with Gasteiger partial charge in [0.2, 0.25) is 0 Å². The van der Waals surface area contributed by atoms with Crippen LogP contribution in [0.1, 0.15) is 13.3 Å². The van der Waals surface area contributed by atoms with E-state index in [1.165, 1.54) is 0 Å². The molecule has 0 saturated carbocycles. The summed E-state index contributed by atoms with van der Waals surface area (Å²) < 4.78 is 31.6. The van der Waals surface area contributed by atoms with Gasteiger partial charge in [0, 0.05) is 0 Å². The van der Waals surface area contributed by atoms with Crippen molar-refractivity contribution in [3.8, 4) is 0 Å². The number of hydrogen-bond acceptors (Lipinski definition) is 2. The molecule has 0 spiro atoms. The van der Waals surface area contributed by atoms with Crippen LogP contribution in [0.5, 0.6) is 0 Å². The van der Waals surface area contributed by atoms with E-state index in [2.05, 4.69) is 0 Å². The van der Waals surface area contributed by atoms with Gasteiger partial charge >= 0.3 is 31.5 Å². The van der Waals surface area contributed by atoms with Crippen LogP contribution in [0.3, 0.4) is 0 Å². The fourth-order valence-corrected chi connectivity index (χ4v) is 0.217. The van der Waals surface area contributed by atoms with E-state index in [1.807, 2.05) is 0 Å². The molecule has 0 aromatic heterocycles. The molecule has 0 aliphatic heterocycles. The summed E-state index contributed by atoms with van der Waals surface area (Å²) in [5.41, 5.74) is 13.5. The van der Waals surface area contributed by atoms with Gasteiger partial charge < -0.3 is 11.5 Å². The zero-order valence-corrected chi connectivity index (χ0v) is 9.52. The van der Waals surface area contributed by atoms with Crippen molar-refractivity contribution >= 4 is 10.4 Å². The van der Waals surface area contributed by atoms with Gasteiger partial charge in [-0.25, -0.2) is 0 Å². The van der Waals surface area contributed by atoms with E-state index in [-0.39, 0.29) is 27.1 Å². The van der Waals surface area contributed by atoms with Crippen LogP contribution in [0.2, 0.25) is 0 Å². The maximum absolute atomic E-state index is 8.74. The Morgan fingerprint density at radius 3 is 1.67 bits per heavy atom. The van der Waals surface area contributed by atoms with E-state index in [0.29, 0.717) is 13.0 Å². The Kier molecular flexibility index (Phi) is 14.6. The predicted molar refractivity (Wildman–Crippen MR) is 41.8 cm³/mol. The van der Waals surface area contributed by atoms with Crippen LogP contribution in [0, 0.1) is 0 Å². The van der Waals surface area contributed by atoms with Crippen molar-refractivity contribution < 1.29 is 38.6 Å². The van der Waals surface area contributed by atoms with Crippen LogP contribution < -0.4 is 0 Å². The summed E-state index contributed by atoms with van der Waals surface area (Å²) in [6, 6.07) is -0.0394. The summed E-state index contributed by atoms with van der Waals surface area (Å²) in [5.74, 6) is 0. The fourth-order valence-electron chi connectivity index (χ4n) is 0.217. The Bertz CT molecular complexity index is 162.